The quantitative estimate of drug-likeness (QED) is 0.792. The van der Waals surface area contributed by atoms with Crippen molar-refractivity contribution in [3.8, 4) is 0 Å². The normalized spacial score (nSPS) is 26.6. The van der Waals surface area contributed by atoms with Gasteiger partial charge in [-0.1, -0.05) is 6.92 Å². The summed E-state index contributed by atoms with van der Waals surface area (Å²) in [6.07, 6.45) is 3.15. The van der Waals surface area contributed by atoms with Crippen molar-refractivity contribution in [3.63, 3.8) is 0 Å². The Hall–Kier alpha value is -0.950. The first kappa shape index (κ1) is 18.8. The van der Waals surface area contributed by atoms with Crippen molar-refractivity contribution in [2.24, 2.45) is 11.8 Å². The van der Waals surface area contributed by atoms with Crippen LogP contribution in [0, 0.1) is 18.8 Å². The number of aryl methyl sites for hydroxylation is 1. The standard InChI is InChI=1S/C19H35N5O/c1-4-5-24-16(2)17(10-20-24)11-23-13-18(19(14-23)15-25)12-22-8-6-21(3)7-9-22/h10,18-19,25H,4-9,11-15H2,1-3H3. The number of likely N-dealkylation sites (tertiary alicyclic amines) is 1. The highest BCUT2D eigenvalue weighted by Crippen LogP contribution is 2.26. The summed E-state index contributed by atoms with van der Waals surface area (Å²) < 4.78 is 2.12. The summed E-state index contributed by atoms with van der Waals surface area (Å²) in [7, 11) is 2.20. The molecule has 25 heavy (non-hydrogen) atoms. The Kier molecular flexibility index (Phi) is 6.49. The summed E-state index contributed by atoms with van der Waals surface area (Å²) in [5, 5.41) is 14.4. The van der Waals surface area contributed by atoms with Gasteiger partial charge in [0.1, 0.15) is 0 Å². The second-order valence-electron chi connectivity index (χ2n) is 7.98. The minimum absolute atomic E-state index is 0.309. The highest BCUT2D eigenvalue weighted by molar-refractivity contribution is 5.16. The molecule has 1 N–H and O–H groups in total. The number of hydrogen-bond acceptors (Lipinski definition) is 5. The molecule has 1 aromatic heterocycles. The number of rotatable bonds is 7. The Bertz CT molecular complexity index is 538. The van der Waals surface area contributed by atoms with Crippen molar-refractivity contribution in [1.82, 2.24) is 24.5 Å². The van der Waals surface area contributed by atoms with Gasteiger partial charge in [-0.05, 0) is 32.2 Å². The van der Waals surface area contributed by atoms with E-state index in [9.17, 15) is 5.11 Å². The molecule has 0 radical (unpaired) electrons. The molecule has 2 saturated heterocycles. The van der Waals surface area contributed by atoms with Gasteiger partial charge in [0.25, 0.3) is 0 Å². The molecule has 2 fully saturated rings. The molecule has 2 unspecified atom stereocenters. The van der Waals surface area contributed by atoms with E-state index in [0.29, 0.717) is 18.4 Å². The second-order valence-corrected chi connectivity index (χ2v) is 7.98. The molecule has 0 aromatic carbocycles. The fourth-order valence-corrected chi connectivity index (χ4v) is 4.26. The summed E-state index contributed by atoms with van der Waals surface area (Å²) >= 11 is 0. The fraction of sp³-hybridized carbons (Fsp3) is 0.842. The minimum Gasteiger partial charge on any atom is -0.396 e. The van der Waals surface area contributed by atoms with E-state index in [1.807, 2.05) is 6.20 Å². The van der Waals surface area contributed by atoms with Crippen LogP contribution in [0.25, 0.3) is 0 Å². The van der Waals surface area contributed by atoms with Gasteiger partial charge < -0.3 is 14.9 Å². The number of aliphatic hydroxyl groups is 1. The maximum atomic E-state index is 9.85. The molecule has 3 heterocycles. The number of aromatic nitrogens is 2. The predicted octanol–water partition coefficient (Wildman–Crippen LogP) is 0.889. The van der Waals surface area contributed by atoms with E-state index < -0.39 is 0 Å². The average molecular weight is 350 g/mol. The lowest BCUT2D eigenvalue weighted by Gasteiger charge is -2.34. The highest BCUT2D eigenvalue weighted by atomic mass is 16.3. The van der Waals surface area contributed by atoms with Crippen LogP contribution in [-0.4, -0.2) is 89.1 Å². The molecular weight excluding hydrogens is 314 g/mol. The molecule has 142 valence electrons. The molecule has 2 atom stereocenters. The van der Waals surface area contributed by atoms with Crippen LogP contribution >= 0.6 is 0 Å². The first-order valence-electron chi connectivity index (χ1n) is 9.86. The van der Waals surface area contributed by atoms with Crippen molar-refractivity contribution in [2.75, 3.05) is 59.5 Å². The molecular formula is C19H35N5O. The molecule has 6 nitrogen and oxygen atoms in total. The first-order valence-corrected chi connectivity index (χ1v) is 9.86. The highest BCUT2D eigenvalue weighted by Gasteiger charge is 2.34. The molecule has 0 amide bonds. The summed E-state index contributed by atoms with van der Waals surface area (Å²) in [5.41, 5.74) is 2.63. The largest absolute Gasteiger partial charge is 0.396 e. The van der Waals surface area contributed by atoms with Crippen molar-refractivity contribution in [1.29, 1.82) is 0 Å². The Morgan fingerprint density at radius 3 is 2.52 bits per heavy atom. The maximum Gasteiger partial charge on any atom is 0.0537 e. The van der Waals surface area contributed by atoms with Crippen LogP contribution < -0.4 is 0 Å². The Labute approximate surface area is 152 Å². The maximum absolute atomic E-state index is 9.85. The average Bonchev–Trinajstić information content (AvgIpc) is 3.15. The van der Waals surface area contributed by atoms with Crippen LogP contribution in [0.5, 0.6) is 0 Å². The van der Waals surface area contributed by atoms with Gasteiger partial charge in [-0.25, -0.2) is 0 Å². The van der Waals surface area contributed by atoms with Crippen LogP contribution in [0.2, 0.25) is 0 Å². The summed E-state index contributed by atoms with van der Waals surface area (Å²) in [6, 6.07) is 0. The molecule has 0 bridgehead atoms. The van der Waals surface area contributed by atoms with Crippen LogP contribution in [0.4, 0.5) is 0 Å². The molecule has 0 saturated carbocycles. The molecule has 0 spiro atoms. The third-order valence-corrected chi connectivity index (χ3v) is 6.01. The molecule has 2 aliphatic rings. The Balaban J connectivity index is 1.55. The fourth-order valence-electron chi connectivity index (χ4n) is 4.26. The van der Waals surface area contributed by atoms with E-state index in [1.165, 1.54) is 11.3 Å². The van der Waals surface area contributed by atoms with Crippen molar-refractivity contribution >= 4 is 0 Å². The van der Waals surface area contributed by atoms with E-state index in [0.717, 1.165) is 65.3 Å². The number of nitrogens with zero attached hydrogens (tertiary/aromatic N) is 5. The van der Waals surface area contributed by atoms with Gasteiger partial charge in [0, 0.05) is 76.8 Å². The van der Waals surface area contributed by atoms with Gasteiger partial charge in [-0.3, -0.25) is 9.58 Å². The van der Waals surface area contributed by atoms with Crippen molar-refractivity contribution < 1.29 is 5.11 Å². The second kappa shape index (κ2) is 8.62. The zero-order valence-electron chi connectivity index (χ0n) is 16.2. The lowest BCUT2D eigenvalue weighted by Crippen LogP contribution is -2.47. The lowest BCUT2D eigenvalue weighted by atomic mass is 9.96. The van der Waals surface area contributed by atoms with Crippen LogP contribution in [-0.2, 0) is 13.1 Å². The SMILES string of the molecule is CCCn1ncc(CN2CC(CO)C(CN3CCN(C)CC3)C2)c1C. The Morgan fingerprint density at radius 2 is 1.84 bits per heavy atom. The van der Waals surface area contributed by atoms with Gasteiger partial charge in [0.2, 0.25) is 0 Å². The molecule has 0 aliphatic carbocycles. The van der Waals surface area contributed by atoms with E-state index in [-0.39, 0.29) is 0 Å². The summed E-state index contributed by atoms with van der Waals surface area (Å²) in [4.78, 5) is 7.50. The predicted molar refractivity (Wildman–Crippen MR) is 101 cm³/mol. The van der Waals surface area contributed by atoms with E-state index in [2.05, 4.69) is 45.4 Å². The van der Waals surface area contributed by atoms with E-state index in [4.69, 9.17) is 0 Å². The van der Waals surface area contributed by atoms with Crippen molar-refractivity contribution in [2.45, 2.75) is 33.4 Å². The topological polar surface area (TPSA) is 47.8 Å². The molecule has 3 rings (SSSR count). The summed E-state index contributed by atoms with van der Waals surface area (Å²) in [6.45, 7) is 14.5. The molecule has 1 aromatic rings. The molecule has 6 heteroatoms. The zero-order chi connectivity index (χ0) is 17.8. The van der Waals surface area contributed by atoms with Gasteiger partial charge in [0.05, 0.1) is 6.20 Å². The number of likely N-dealkylation sites (N-methyl/N-ethyl adjacent to an activating group) is 1. The van der Waals surface area contributed by atoms with Crippen molar-refractivity contribution in [3.05, 3.63) is 17.5 Å². The lowest BCUT2D eigenvalue weighted by molar-refractivity contribution is 0.116. The van der Waals surface area contributed by atoms with Gasteiger partial charge in [0.15, 0.2) is 0 Å². The molecule has 2 aliphatic heterocycles. The minimum atomic E-state index is 0.309. The van der Waals surface area contributed by atoms with Gasteiger partial charge >= 0.3 is 0 Å². The van der Waals surface area contributed by atoms with Gasteiger partial charge in [-0.15, -0.1) is 0 Å². The van der Waals surface area contributed by atoms with Crippen LogP contribution in [0.1, 0.15) is 24.6 Å². The van der Waals surface area contributed by atoms with Gasteiger partial charge in [-0.2, -0.15) is 5.10 Å². The smallest absolute Gasteiger partial charge is 0.0537 e. The first-order chi connectivity index (χ1) is 12.1. The zero-order valence-corrected chi connectivity index (χ0v) is 16.2. The third-order valence-electron chi connectivity index (χ3n) is 6.01. The van der Waals surface area contributed by atoms with Crippen LogP contribution in [0.15, 0.2) is 6.20 Å². The van der Waals surface area contributed by atoms with Crippen LogP contribution in [0.3, 0.4) is 0 Å². The van der Waals surface area contributed by atoms with E-state index in [1.54, 1.807) is 0 Å². The Morgan fingerprint density at radius 1 is 1.12 bits per heavy atom. The monoisotopic (exact) mass is 349 g/mol. The summed E-state index contributed by atoms with van der Waals surface area (Å²) in [5.74, 6) is 0.991. The van der Waals surface area contributed by atoms with E-state index >= 15 is 0 Å². The number of hydrogen-bond donors (Lipinski definition) is 1. The number of aliphatic hydroxyl groups excluding tert-OH is 1. The third kappa shape index (κ3) is 4.61. The number of piperazine rings is 1.